The topological polar surface area (TPSA) is 72.2 Å². The number of aryl methyl sites for hydroxylation is 2. The van der Waals surface area contributed by atoms with Crippen molar-refractivity contribution in [1.82, 2.24) is 9.78 Å². The van der Waals surface area contributed by atoms with Gasteiger partial charge in [0.1, 0.15) is 4.90 Å². The van der Waals surface area contributed by atoms with Crippen molar-refractivity contribution in [3.05, 3.63) is 11.4 Å². The standard InChI is InChI=1S/C6H10N2O3S/c1-4-6(12(9,10)11)5(2)8(3)7-4/h1-3H3,(H,9,10,11). The third-order valence-corrected chi connectivity index (χ3v) is 2.81. The van der Waals surface area contributed by atoms with Crippen molar-refractivity contribution in [3.8, 4) is 0 Å². The Bertz CT molecular complexity index is 405. The van der Waals surface area contributed by atoms with Crippen LogP contribution in [0.15, 0.2) is 4.90 Å². The maximum absolute atomic E-state index is 10.8. The average molecular weight is 190 g/mol. The molecule has 0 saturated carbocycles. The minimum Gasteiger partial charge on any atom is -0.282 e. The largest absolute Gasteiger partial charge is 0.298 e. The van der Waals surface area contributed by atoms with Crippen molar-refractivity contribution in [2.75, 3.05) is 0 Å². The summed E-state index contributed by atoms with van der Waals surface area (Å²) in [6, 6.07) is 0. The van der Waals surface area contributed by atoms with Crippen LogP contribution in [0.3, 0.4) is 0 Å². The first-order valence-electron chi connectivity index (χ1n) is 3.31. The van der Waals surface area contributed by atoms with E-state index in [-0.39, 0.29) is 4.90 Å². The Morgan fingerprint density at radius 1 is 1.42 bits per heavy atom. The summed E-state index contributed by atoms with van der Waals surface area (Å²) in [6.45, 7) is 3.12. The number of aromatic nitrogens is 2. The van der Waals surface area contributed by atoms with E-state index in [0.717, 1.165) is 0 Å². The summed E-state index contributed by atoms with van der Waals surface area (Å²) in [5, 5.41) is 3.85. The summed E-state index contributed by atoms with van der Waals surface area (Å²) in [5.41, 5.74) is 0.757. The number of hydrogen-bond donors (Lipinski definition) is 1. The summed E-state index contributed by atoms with van der Waals surface area (Å²) in [6.07, 6.45) is 0. The zero-order chi connectivity index (χ0) is 9.52. The Labute approximate surface area is 70.8 Å². The molecule has 1 heterocycles. The lowest BCUT2D eigenvalue weighted by atomic mass is 10.4. The third kappa shape index (κ3) is 1.35. The molecule has 68 valence electrons. The Kier molecular flexibility index (Phi) is 1.97. The molecule has 1 aromatic rings. The van der Waals surface area contributed by atoms with Crippen molar-refractivity contribution in [3.63, 3.8) is 0 Å². The molecule has 0 aromatic carbocycles. The molecule has 0 spiro atoms. The zero-order valence-electron chi connectivity index (χ0n) is 7.07. The Morgan fingerprint density at radius 2 is 1.92 bits per heavy atom. The highest BCUT2D eigenvalue weighted by Gasteiger charge is 2.20. The van der Waals surface area contributed by atoms with Gasteiger partial charge in [-0.15, -0.1) is 0 Å². The number of rotatable bonds is 1. The Balaban J connectivity index is 3.54. The molecule has 0 bridgehead atoms. The molecule has 1 N–H and O–H groups in total. The summed E-state index contributed by atoms with van der Waals surface area (Å²) in [4.78, 5) is -0.0926. The van der Waals surface area contributed by atoms with Crippen molar-refractivity contribution in [2.24, 2.45) is 7.05 Å². The first-order valence-corrected chi connectivity index (χ1v) is 4.75. The minimum absolute atomic E-state index is 0.0926. The fourth-order valence-electron chi connectivity index (χ4n) is 1.13. The predicted molar refractivity (Wildman–Crippen MR) is 42.5 cm³/mol. The van der Waals surface area contributed by atoms with E-state index in [9.17, 15) is 8.42 Å². The maximum Gasteiger partial charge on any atom is 0.298 e. The van der Waals surface area contributed by atoms with E-state index in [4.69, 9.17) is 4.55 Å². The quantitative estimate of drug-likeness (QED) is 0.646. The SMILES string of the molecule is Cc1nn(C)c(C)c1S(=O)(=O)O. The van der Waals surface area contributed by atoms with Crippen molar-refractivity contribution in [2.45, 2.75) is 18.7 Å². The maximum atomic E-state index is 10.8. The van der Waals surface area contributed by atoms with Crippen LogP contribution in [-0.4, -0.2) is 22.8 Å². The summed E-state index contributed by atoms with van der Waals surface area (Å²) < 4.78 is 31.8. The van der Waals surface area contributed by atoms with Crippen LogP contribution < -0.4 is 0 Å². The van der Waals surface area contributed by atoms with Gasteiger partial charge in [-0.25, -0.2) is 0 Å². The molecule has 6 heteroatoms. The van der Waals surface area contributed by atoms with Gasteiger partial charge in [0, 0.05) is 7.05 Å². The van der Waals surface area contributed by atoms with Crippen molar-refractivity contribution >= 4 is 10.1 Å². The van der Waals surface area contributed by atoms with Gasteiger partial charge in [0.25, 0.3) is 10.1 Å². The van der Waals surface area contributed by atoms with Crippen LogP contribution in [0.2, 0.25) is 0 Å². The summed E-state index contributed by atoms with van der Waals surface area (Å²) >= 11 is 0. The van der Waals surface area contributed by atoms with Crippen molar-refractivity contribution in [1.29, 1.82) is 0 Å². The zero-order valence-corrected chi connectivity index (χ0v) is 7.88. The third-order valence-electron chi connectivity index (χ3n) is 1.70. The molecule has 0 aliphatic rings. The van der Waals surface area contributed by atoms with E-state index in [0.29, 0.717) is 11.4 Å². The van der Waals surface area contributed by atoms with Gasteiger partial charge in [-0.3, -0.25) is 9.23 Å². The second-order valence-corrected chi connectivity index (χ2v) is 3.96. The fourth-order valence-corrected chi connectivity index (χ4v) is 2.05. The lowest BCUT2D eigenvalue weighted by Crippen LogP contribution is -2.01. The smallest absolute Gasteiger partial charge is 0.282 e. The first-order chi connectivity index (χ1) is 5.34. The van der Waals surface area contributed by atoms with E-state index in [2.05, 4.69) is 5.10 Å². The van der Waals surface area contributed by atoms with E-state index in [1.165, 1.54) is 11.6 Å². The monoisotopic (exact) mass is 190 g/mol. The molecule has 0 amide bonds. The lowest BCUT2D eigenvalue weighted by molar-refractivity contribution is 0.481. The van der Waals surface area contributed by atoms with E-state index in [1.807, 2.05) is 0 Å². The second-order valence-electron chi connectivity index (χ2n) is 2.60. The Morgan fingerprint density at radius 3 is 2.08 bits per heavy atom. The summed E-state index contributed by atoms with van der Waals surface area (Å²) in [7, 11) is -2.50. The normalized spacial score (nSPS) is 12.0. The minimum atomic E-state index is -4.13. The fraction of sp³-hybridized carbons (Fsp3) is 0.500. The highest BCUT2D eigenvalue weighted by atomic mass is 32.2. The molecule has 1 rings (SSSR count). The van der Waals surface area contributed by atoms with Gasteiger partial charge >= 0.3 is 0 Å². The van der Waals surface area contributed by atoms with Gasteiger partial charge in [-0.2, -0.15) is 13.5 Å². The van der Waals surface area contributed by atoms with Crippen molar-refractivity contribution < 1.29 is 13.0 Å². The van der Waals surface area contributed by atoms with Gasteiger partial charge in [-0.05, 0) is 13.8 Å². The van der Waals surface area contributed by atoms with Crippen LogP contribution in [0.1, 0.15) is 11.4 Å². The predicted octanol–water partition coefficient (Wildman–Crippen LogP) is 0.284. The molecule has 0 saturated heterocycles. The van der Waals surface area contributed by atoms with E-state index >= 15 is 0 Å². The van der Waals surface area contributed by atoms with Crippen LogP contribution in [0, 0.1) is 13.8 Å². The molecular formula is C6H10N2O3S. The van der Waals surface area contributed by atoms with E-state index < -0.39 is 10.1 Å². The summed E-state index contributed by atoms with van der Waals surface area (Å²) in [5.74, 6) is 0. The van der Waals surface area contributed by atoms with Gasteiger partial charge in [0.05, 0.1) is 11.4 Å². The molecule has 1 aromatic heterocycles. The molecule has 12 heavy (non-hydrogen) atoms. The molecular weight excluding hydrogens is 180 g/mol. The number of nitrogens with zero attached hydrogens (tertiary/aromatic N) is 2. The highest BCUT2D eigenvalue weighted by molar-refractivity contribution is 7.86. The Hall–Kier alpha value is -0.880. The molecule has 5 nitrogen and oxygen atoms in total. The van der Waals surface area contributed by atoms with Gasteiger partial charge in [-0.1, -0.05) is 0 Å². The average Bonchev–Trinajstić information content (AvgIpc) is 2.05. The molecule has 0 aliphatic heterocycles. The van der Waals surface area contributed by atoms with Crippen LogP contribution in [-0.2, 0) is 17.2 Å². The van der Waals surface area contributed by atoms with Gasteiger partial charge in [0.15, 0.2) is 0 Å². The second kappa shape index (κ2) is 2.56. The molecule has 0 atom stereocenters. The molecule has 0 radical (unpaired) electrons. The highest BCUT2D eigenvalue weighted by Crippen LogP contribution is 2.17. The van der Waals surface area contributed by atoms with Gasteiger partial charge in [0.2, 0.25) is 0 Å². The molecule has 0 unspecified atom stereocenters. The lowest BCUT2D eigenvalue weighted by Gasteiger charge is -1.95. The van der Waals surface area contributed by atoms with Crippen LogP contribution in [0.4, 0.5) is 0 Å². The molecule has 0 aliphatic carbocycles. The van der Waals surface area contributed by atoms with E-state index in [1.54, 1.807) is 14.0 Å². The van der Waals surface area contributed by atoms with Crippen LogP contribution >= 0.6 is 0 Å². The van der Waals surface area contributed by atoms with Gasteiger partial charge < -0.3 is 0 Å². The van der Waals surface area contributed by atoms with Crippen LogP contribution in [0.5, 0.6) is 0 Å². The number of hydrogen-bond acceptors (Lipinski definition) is 3. The molecule has 0 fully saturated rings. The van der Waals surface area contributed by atoms with Crippen LogP contribution in [0.25, 0.3) is 0 Å². The first kappa shape index (κ1) is 9.21.